The van der Waals surface area contributed by atoms with E-state index < -0.39 is 5.97 Å². The van der Waals surface area contributed by atoms with E-state index in [-0.39, 0.29) is 11.8 Å². The predicted octanol–water partition coefficient (Wildman–Crippen LogP) is 2.93. The van der Waals surface area contributed by atoms with E-state index in [9.17, 15) is 14.4 Å². The smallest absolute Gasteiger partial charge is 0.337 e. The second-order valence-electron chi connectivity index (χ2n) is 6.48. The second kappa shape index (κ2) is 8.99. The van der Waals surface area contributed by atoms with E-state index in [0.717, 1.165) is 29.8 Å². The zero-order valence-corrected chi connectivity index (χ0v) is 15.7. The molecule has 0 spiro atoms. The van der Waals surface area contributed by atoms with Crippen molar-refractivity contribution in [2.24, 2.45) is 0 Å². The van der Waals surface area contributed by atoms with Crippen LogP contribution < -0.4 is 10.2 Å². The van der Waals surface area contributed by atoms with Gasteiger partial charge in [0.15, 0.2) is 0 Å². The molecule has 144 valence electrons. The lowest BCUT2D eigenvalue weighted by Crippen LogP contribution is -2.23. The van der Waals surface area contributed by atoms with Crippen LogP contribution in [0.1, 0.15) is 34.3 Å². The van der Waals surface area contributed by atoms with Crippen LogP contribution in [0.15, 0.2) is 54.6 Å². The van der Waals surface area contributed by atoms with Crippen LogP contribution in [0.4, 0.5) is 5.69 Å². The molecule has 2 aromatic rings. The SMILES string of the molecule is COC(=O)c1ccc(CNC(=O)/C=C/c2ccc(N3CCCC3=O)cc2)cc1. The number of hydrogen-bond donors (Lipinski definition) is 1. The van der Waals surface area contributed by atoms with Crippen molar-refractivity contribution in [3.05, 3.63) is 71.3 Å². The summed E-state index contributed by atoms with van der Waals surface area (Å²) in [5.41, 5.74) is 3.12. The number of anilines is 1. The number of benzene rings is 2. The summed E-state index contributed by atoms with van der Waals surface area (Å²) >= 11 is 0. The summed E-state index contributed by atoms with van der Waals surface area (Å²) in [4.78, 5) is 37.0. The molecule has 0 saturated carbocycles. The zero-order chi connectivity index (χ0) is 19.9. The van der Waals surface area contributed by atoms with Crippen molar-refractivity contribution in [2.75, 3.05) is 18.6 Å². The highest BCUT2D eigenvalue weighted by Gasteiger charge is 2.21. The number of rotatable bonds is 6. The van der Waals surface area contributed by atoms with Gasteiger partial charge in [-0.1, -0.05) is 24.3 Å². The number of methoxy groups -OCH3 is 1. The van der Waals surface area contributed by atoms with Gasteiger partial charge in [-0.25, -0.2) is 4.79 Å². The van der Waals surface area contributed by atoms with Gasteiger partial charge in [-0.3, -0.25) is 9.59 Å². The number of nitrogens with one attached hydrogen (secondary N) is 1. The number of nitrogens with zero attached hydrogens (tertiary/aromatic N) is 1. The van der Waals surface area contributed by atoms with Gasteiger partial charge in [-0.05, 0) is 47.9 Å². The van der Waals surface area contributed by atoms with Crippen molar-refractivity contribution < 1.29 is 19.1 Å². The van der Waals surface area contributed by atoms with E-state index in [4.69, 9.17) is 0 Å². The molecule has 0 radical (unpaired) electrons. The number of carbonyl (C=O) groups is 3. The second-order valence-corrected chi connectivity index (χ2v) is 6.48. The fraction of sp³-hybridized carbons (Fsp3) is 0.227. The number of carbonyl (C=O) groups excluding carboxylic acids is 3. The maximum atomic E-state index is 12.0. The average molecular weight is 378 g/mol. The van der Waals surface area contributed by atoms with Crippen molar-refractivity contribution in [3.63, 3.8) is 0 Å². The third-order valence-electron chi connectivity index (χ3n) is 4.55. The van der Waals surface area contributed by atoms with Crippen LogP contribution in [-0.4, -0.2) is 31.4 Å². The number of hydrogen-bond acceptors (Lipinski definition) is 4. The van der Waals surface area contributed by atoms with Gasteiger partial charge in [0, 0.05) is 31.3 Å². The first-order valence-electron chi connectivity index (χ1n) is 9.10. The molecule has 1 saturated heterocycles. The molecule has 0 aromatic heterocycles. The Morgan fingerprint density at radius 3 is 2.43 bits per heavy atom. The van der Waals surface area contributed by atoms with E-state index in [1.54, 1.807) is 35.2 Å². The number of ether oxygens (including phenoxy) is 1. The highest BCUT2D eigenvalue weighted by atomic mass is 16.5. The molecule has 0 atom stereocenters. The largest absolute Gasteiger partial charge is 0.465 e. The van der Waals surface area contributed by atoms with Gasteiger partial charge in [0.2, 0.25) is 11.8 Å². The first-order valence-corrected chi connectivity index (χ1v) is 9.10. The summed E-state index contributed by atoms with van der Waals surface area (Å²) in [5.74, 6) is -0.447. The summed E-state index contributed by atoms with van der Waals surface area (Å²) in [6.07, 6.45) is 4.70. The van der Waals surface area contributed by atoms with Crippen LogP contribution in [0, 0.1) is 0 Å². The van der Waals surface area contributed by atoms with Crippen LogP contribution in [0.2, 0.25) is 0 Å². The summed E-state index contributed by atoms with van der Waals surface area (Å²) < 4.78 is 4.65. The van der Waals surface area contributed by atoms with Crippen LogP contribution in [0.3, 0.4) is 0 Å². The molecule has 1 aliphatic heterocycles. The molecule has 1 aliphatic rings. The fourth-order valence-electron chi connectivity index (χ4n) is 2.98. The summed E-state index contributed by atoms with van der Waals surface area (Å²) in [7, 11) is 1.34. The van der Waals surface area contributed by atoms with Crippen molar-refractivity contribution in [3.8, 4) is 0 Å². The minimum Gasteiger partial charge on any atom is -0.465 e. The quantitative estimate of drug-likeness (QED) is 0.619. The van der Waals surface area contributed by atoms with Crippen molar-refractivity contribution in [2.45, 2.75) is 19.4 Å². The molecular formula is C22H22N2O4. The van der Waals surface area contributed by atoms with Crippen LogP contribution in [0.25, 0.3) is 6.08 Å². The molecular weight excluding hydrogens is 356 g/mol. The molecule has 1 heterocycles. The molecule has 0 aliphatic carbocycles. The molecule has 2 amide bonds. The maximum absolute atomic E-state index is 12.0. The van der Waals surface area contributed by atoms with Crippen LogP contribution in [-0.2, 0) is 20.9 Å². The summed E-state index contributed by atoms with van der Waals surface area (Å²) in [5, 5.41) is 2.80. The van der Waals surface area contributed by atoms with Gasteiger partial charge >= 0.3 is 5.97 Å². The van der Waals surface area contributed by atoms with Gasteiger partial charge < -0.3 is 15.0 Å². The summed E-state index contributed by atoms with van der Waals surface area (Å²) in [6, 6.07) is 14.4. The van der Waals surface area contributed by atoms with Gasteiger partial charge in [-0.2, -0.15) is 0 Å². The summed E-state index contributed by atoms with van der Waals surface area (Å²) in [6.45, 7) is 1.12. The van der Waals surface area contributed by atoms with Crippen molar-refractivity contribution >= 4 is 29.5 Å². The van der Waals surface area contributed by atoms with E-state index in [1.165, 1.54) is 13.2 Å². The first-order chi connectivity index (χ1) is 13.6. The van der Waals surface area contributed by atoms with E-state index in [2.05, 4.69) is 10.1 Å². The Morgan fingerprint density at radius 2 is 1.82 bits per heavy atom. The van der Waals surface area contributed by atoms with Crippen molar-refractivity contribution in [1.29, 1.82) is 0 Å². The Bertz CT molecular complexity index is 886. The fourth-order valence-corrected chi connectivity index (χ4v) is 2.98. The van der Waals surface area contributed by atoms with E-state index in [0.29, 0.717) is 18.5 Å². The molecule has 6 heteroatoms. The Morgan fingerprint density at radius 1 is 1.11 bits per heavy atom. The lowest BCUT2D eigenvalue weighted by Gasteiger charge is -2.15. The minimum atomic E-state index is -0.390. The normalized spacial score (nSPS) is 13.8. The molecule has 0 bridgehead atoms. The Kier molecular flexibility index (Phi) is 6.22. The third-order valence-corrected chi connectivity index (χ3v) is 4.55. The highest BCUT2D eigenvalue weighted by Crippen LogP contribution is 2.21. The van der Waals surface area contributed by atoms with Gasteiger partial charge in [-0.15, -0.1) is 0 Å². The zero-order valence-electron chi connectivity index (χ0n) is 15.7. The Balaban J connectivity index is 1.51. The highest BCUT2D eigenvalue weighted by molar-refractivity contribution is 5.95. The molecule has 0 unspecified atom stereocenters. The topological polar surface area (TPSA) is 75.7 Å². The average Bonchev–Trinajstić information content (AvgIpc) is 3.16. The monoisotopic (exact) mass is 378 g/mol. The Labute approximate surface area is 163 Å². The van der Waals surface area contributed by atoms with E-state index in [1.807, 2.05) is 24.3 Å². The molecule has 6 nitrogen and oxygen atoms in total. The molecule has 1 N–H and O–H groups in total. The minimum absolute atomic E-state index is 0.155. The van der Waals surface area contributed by atoms with Gasteiger partial charge in [0.05, 0.1) is 12.7 Å². The molecule has 1 fully saturated rings. The maximum Gasteiger partial charge on any atom is 0.337 e. The van der Waals surface area contributed by atoms with Crippen LogP contribution in [0.5, 0.6) is 0 Å². The van der Waals surface area contributed by atoms with E-state index >= 15 is 0 Å². The molecule has 3 rings (SSSR count). The number of esters is 1. The number of amides is 2. The Hall–Kier alpha value is -3.41. The van der Waals surface area contributed by atoms with Crippen LogP contribution >= 0.6 is 0 Å². The molecule has 2 aromatic carbocycles. The van der Waals surface area contributed by atoms with Crippen molar-refractivity contribution in [1.82, 2.24) is 5.32 Å². The molecule has 28 heavy (non-hydrogen) atoms. The third kappa shape index (κ3) is 4.85. The van der Waals surface area contributed by atoms with Gasteiger partial charge in [0.1, 0.15) is 0 Å². The lowest BCUT2D eigenvalue weighted by molar-refractivity contribution is -0.117. The standard InChI is InChI=1S/C22H22N2O4/c1-28-22(27)18-9-4-17(5-10-18)15-23-20(25)13-8-16-6-11-19(12-7-16)24-14-2-3-21(24)26/h4-13H,2-3,14-15H2,1H3,(H,23,25)/b13-8+. The lowest BCUT2D eigenvalue weighted by atomic mass is 10.1. The predicted molar refractivity (Wildman–Crippen MR) is 107 cm³/mol. The first kappa shape index (κ1) is 19.4. The van der Waals surface area contributed by atoms with Gasteiger partial charge in [0.25, 0.3) is 0 Å².